The second kappa shape index (κ2) is 7.67. The van der Waals surface area contributed by atoms with E-state index in [2.05, 4.69) is 29.9 Å². The number of aromatic nitrogens is 2. The molecule has 0 saturated carbocycles. The lowest BCUT2D eigenvalue weighted by Gasteiger charge is -2.08. The smallest absolute Gasteiger partial charge is 0.149 e. The summed E-state index contributed by atoms with van der Waals surface area (Å²) in [6.07, 6.45) is 2.86. The molecule has 3 rings (SSSR count). The van der Waals surface area contributed by atoms with Gasteiger partial charge < -0.3 is 9.72 Å². The van der Waals surface area contributed by atoms with Gasteiger partial charge >= 0.3 is 0 Å². The van der Waals surface area contributed by atoms with Gasteiger partial charge in [-0.1, -0.05) is 38.1 Å². The molecule has 4 heteroatoms. The number of benzene rings is 2. The van der Waals surface area contributed by atoms with E-state index in [-0.39, 0.29) is 0 Å². The average molecular weight is 331 g/mol. The lowest BCUT2D eigenvalue weighted by Crippen LogP contribution is -2.01. The van der Waals surface area contributed by atoms with E-state index >= 15 is 0 Å². The molecule has 0 spiro atoms. The maximum Gasteiger partial charge on any atom is 0.149 e. The van der Waals surface area contributed by atoms with Crippen molar-refractivity contribution in [1.29, 1.82) is 5.26 Å². The Kier molecular flexibility index (Phi) is 5.15. The molecule has 0 saturated heterocycles. The Balaban J connectivity index is 1.77. The lowest BCUT2D eigenvalue weighted by atomic mass is 10.1. The topological polar surface area (TPSA) is 61.7 Å². The normalized spacial score (nSPS) is 11.7. The van der Waals surface area contributed by atoms with Gasteiger partial charge in [0.25, 0.3) is 0 Å². The highest BCUT2D eigenvalue weighted by molar-refractivity contribution is 5.90. The number of fused-ring (bicyclic) bond motifs is 1. The van der Waals surface area contributed by atoms with Crippen LogP contribution < -0.4 is 4.74 Å². The number of rotatable bonds is 6. The zero-order chi connectivity index (χ0) is 17.6. The van der Waals surface area contributed by atoms with Crippen LogP contribution in [0.2, 0.25) is 0 Å². The van der Waals surface area contributed by atoms with Crippen molar-refractivity contribution in [1.82, 2.24) is 9.97 Å². The molecule has 4 nitrogen and oxygen atoms in total. The van der Waals surface area contributed by atoms with Crippen molar-refractivity contribution in [2.45, 2.75) is 20.3 Å². The number of hydrogen-bond donors (Lipinski definition) is 1. The maximum atomic E-state index is 9.49. The molecule has 3 aromatic rings. The standard InChI is InChI=1S/C21H21N3O/c1-15(2)11-12-25-18-9-7-16(8-10-18)13-17(14-22)21-23-19-5-3-4-6-20(19)24-21/h3-10,13,15H,11-12H2,1-2H3,(H,23,24)/b17-13-. The fourth-order valence-corrected chi connectivity index (χ4v) is 2.47. The number of H-pyrrole nitrogens is 1. The number of nitrogens with one attached hydrogen (secondary N) is 1. The molecule has 0 bridgehead atoms. The third kappa shape index (κ3) is 4.27. The highest BCUT2D eigenvalue weighted by atomic mass is 16.5. The Hall–Kier alpha value is -3.06. The summed E-state index contributed by atoms with van der Waals surface area (Å²) in [7, 11) is 0. The van der Waals surface area contributed by atoms with Crippen molar-refractivity contribution in [2.75, 3.05) is 6.61 Å². The first-order valence-electron chi connectivity index (χ1n) is 8.45. The van der Waals surface area contributed by atoms with E-state index in [4.69, 9.17) is 4.74 Å². The van der Waals surface area contributed by atoms with E-state index < -0.39 is 0 Å². The van der Waals surface area contributed by atoms with Crippen molar-refractivity contribution in [3.05, 3.63) is 59.9 Å². The summed E-state index contributed by atoms with van der Waals surface area (Å²) in [6.45, 7) is 5.08. The zero-order valence-corrected chi connectivity index (χ0v) is 14.5. The number of para-hydroxylation sites is 2. The molecule has 0 radical (unpaired) electrons. The first kappa shape index (κ1) is 16.8. The molecule has 0 fully saturated rings. The Morgan fingerprint density at radius 2 is 1.96 bits per heavy atom. The van der Waals surface area contributed by atoms with Crippen LogP contribution >= 0.6 is 0 Å². The molecule has 0 atom stereocenters. The fourth-order valence-electron chi connectivity index (χ4n) is 2.47. The Morgan fingerprint density at radius 1 is 1.20 bits per heavy atom. The third-order valence-electron chi connectivity index (χ3n) is 3.92. The number of nitriles is 1. The van der Waals surface area contributed by atoms with Gasteiger partial charge in [0.05, 0.1) is 23.2 Å². The Morgan fingerprint density at radius 3 is 2.64 bits per heavy atom. The Labute approximate surface area is 147 Å². The van der Waals surface area contributed by atoms with Crippen LogP contribution in [0.15, 0.2) is 48.5 Å². The van der Waals surface area contributed by atoms with Gasteiger partial charge in [-0.15, -0.1) is 0 Å². The number of imidazole rings is 1. The molecule has 25 heavy (non-hydrogen) atoms. The van der Waals surface area contributed by atoms with Crippen LogP contribution in [0.5, 0.6) is 5.75 Å². The van der Waals surface area contributed by atoms with Gasteiger partial charge in [-0.3, -0.25) is 0 Å². The average Bonchev–Trinajstić information content (AvgIpc) is 3.04. The fraction of sp³-hybridized carbons (Fsp3) is 0.238. The van der Waals surface area contributed by atoms with Gasteiger partial charge in [0.2, 0.25) is 0 Å². The minimum absolute atomic E-state index is 0.504. The van der Waals surface area contributed by atoms with Gasteiger partial charge in [0, 0.05) is 0 Å². The van der Waals surface area contributed by atoms with Crippen LogP contribution in [0.1, 0.15) is 31.7 Å². The molecule has 126 valence electrons. The van der Waals surface area contributed by atoms with E-state index in [0.717, 1.165) is 35.4 Å². The third-order valence-corrected chi connectivity index (χ3v) is 3.92. The molecule has 0 unspecified atom stereocenters. The second-order valence-electron chi connectivity index (χ2n) is 6.37. The molecule has 1 aromatic heterocycles. The molecule has 0 aliphatic carbocycles. The van der Waals surface area contributed by atoms with E-state index in [1.54, 1.807) is 0 Å². The SMILES string of the molecule is CC(C)CCOc1ccc(/C=C(/C#N)c2nc3ccccc3[nH]2)cc1. The minimum Gasteiger partial charge on any atom is -0.494 e. The van der Waals surface area contributed by atoms with Crippen molar-refractivity contribution < 1.29 is 4.74 Å². The van der Waals surface area contributed by atoms with Crippen molar-refractivity contribution in [3.8, 4) is 11.8 Å². The number of hydrogen-bond acceptors (Lipinski definition) is 3. The first-order valence-corrected chi connectivity index (χ1v) is 8.45. The van der Waals surface area contributed by atoms with Crippen molar-refractivity contribution in [2.24, 2.45) is 5.92 Å². The van der Waals surface area contributed by atoms with Crippen LogP contribution in [-0.4, -0.2) is 16.6 Å². The van der Waals surface area contributed by atoms with Crippen molar-refractivity contribution >= 4 is 22.7 Å². The number of nitrogens with zero attached hydrogens (tertiary/aromatic N) is 2. The summed E-state index contributed by atoms with van der Waals surface area (Å²) in [5.74, 6) is 2.06. The second-order valence-corrected chi connectivity index (χ2v) is 6.37. The van der Waals surface area contributed by atoms with E-state index in [1.807, 2.05) is 54.6 Å². The number of aromatic amines is 1. The summed E-state index contributed by atoms with van der Waals surface area (Å²) >= 11 is 0. The highest BCUT2D eigenvalue weighted by Crippen LogP contribution is 2.20. The van der Waals surface area contributed by atoms with Crippen LogP contribution in [0.3, 0.4) is 0 Å². The maximum absolute atomic E-state index is 9.49. The molecule has 0 amide bonds. The largest absolute Gasteiger partial charge is 0.494 e. The van der Waals surface area contributed by atoms with E-state index in [1.165, 1.54) is 0 Å². The number of allylic oxidation sites excluding steroid dienone is 1. The molecule has 1 N–H and O–H groups in total. The minimum atomic E-state index is 0.504. The van der Waals surface area contributed by atoms with Crippen LogP contribution in [0.25, 0.3) is 22.7 Å². The highest BCUT2D eigenvalue weighted by Gasteiger charge is 2.07. The molecule has 0 aliphatic heterocycles. The van der Waals surface area contributed by atoms with Gasteiger partial charge in [-0.2, -0.15) is 5.26 Å². The molecule has 2 aromatic carbocycles. The zero-order valence-electron chi connectivity index (χ0n) is 14.5. The van der Waals surface area contributed by atoms with E-state index in [9.17, 15) is 5.26 Å². The summed E-state index contributed by atoms with van der Waals surface area (Å²) < 4.78 is 5.72. The summed E-state index contributed by atoms with van der Waals surface area (Å²) in [6, 6.07) is 17.7. The number of ether oxygens (including phenoxy) is 1. The predicted molar refractivity (Wildman–Crippen MR) is 101 cm³/mol. The molecular weight excluding hydrogens is 310 g/mol. The molecular formula is C21H21N3O. The summed E-state index contributed by atoms with van der Waals surface area (Å²) in [4.78, 5) is 7.67. The molecule has 0 aliphatic rings. The molecule has 1 heterocycles. The summed E-state index contributed by atoms with van der Waals surface area (Å²) in [5.41, 5.74) is 3.22. The predicted octanol–water partition coefficient (Wildman–Crippen LogP) is 5.05. The lowest BCUT2D eigenvalue weighted by molar-refractivity contribution is 0.289. The quantitative estimate of drug-likeness (QED) is 0.643. The van der Waals surface area contributed by atoms with Gasteiger partial charge in [-0.05, 0) is 48.2 Å². The monoisotopic (exact) mass is 331 g/mol. The van der Waals surface area contributed by atoms with Gasteiger partial charge in [0.1, 0.15) is 17.6 Å². The van der Waals surface area contributed by atoms with Gasteiger partial charge in [-0.25, -0.2) is 4.98 Å². The van der Waals surface area contributed by atoms with Crippen LogP contribution in [0, 0.1) is 17.2 Å². The Bertz CT molecular complexity index is 881. The first-order chi connectivity index (χ1) is 12.2. The van der Waals surface area contributed by atoms with Crippen molar-refractivity contribution in [3.63, 3.8) is 0 Å². The van der Waals surface area contributed by atoms with Crippen LogP contribution in [-0.2, 0) is 0 Å². The summed E-state index contributed by atoms with van der Waals surface area (Å²) in [5, 5.41) is 9.49. The van der Waals surface area contributed by atoms with E-state index in [0.29, 0.717) is 17.3 Å². The van der Waals surface area contributed by atoms with Crippen LogP contribution in [0.4, 0.5) is 0 Å². The van der Waals surface area contributed by atoms with Gasteiger partial charge in [0.15, 0.2) is 0 Å².